The molecule has 1 aliphatic heterocycles. The van der Waals surface area contributed by atoms with Gasteiger partial charge in [-0.15, -0.1) is 0 Å². The molecular formula is C35H54N7O17P3S-4. The second-order valence-corrected chi connectivity index (χ2v) is 20.0. The van der Waals surface area contributed by atoms with Gasteiger partial charge in [0.15, 0.2) is 22.8 Å². The van der Waals surface area contributed by atoms with Crippen LogP contribution in [0.5, 0.6) is 0 Å². The predicted octanol–water partition coefficient (Wildman–Crippen LogP) is 0.390. The summed E-state index contributed by atoms with van der Waals surface area (Å²) in [5.74, 6) is -1.20. The van der Waals surface area contributed by atoms with Gasteiger partial charge in [0, 0.05) is 37.1 Å². The van der Waals surface area contributed by atoms with Crippen LogP contribution >= 0.6 is 35.2 Å². The highest BCUT2D eigenvalue weighted by molar-refractivity contribution is 8.13. The molecule has 63 heavy (non-hydrogen) atoms. The van der Waals surface area contributed by atoms with Crippen molar-refractivity contribution in [3.05, 3.63) is 37.0 Å². The first-order chi connectivity index (χ1) is 29.6. The van der Waals surface area contributed by atoms with E-state index in [1.165, 1.54) is 33.1 Å². The molecule has 28 heteroatoms. The Kier molecular flexibility index (Phi) is 22.1. The van der Waals surface area contributed by atoms with E-state index >= 15 is 0 Å². The molecule has 0 aromatic carbocycles. The zero-order valence-electron chi connectivity index (χ0n) is 34.9. The lowest BCUT2D eigenvalue weighted by atomic mass is 9.87. The topological polar surface area (TPSA) is 375 Å². The number of hydrogen-bond acceptors (Lipinski definition) is 22. The minimum Gasteiger partial charge on any atom is -0.790 e. The number of nitrogen functional groups attached to an aromatic ring is 1. The first-order valence-corrected chi connectivity index (χ1v) is 25.2. The fraction of sp³-hybridized carbons (Fsp3) is 0.657. The van der Waals surface area contributed by atoms with E-state index in [1.807, 2.05) is 12.2 Å². The van der Waals surface area contributed by atoms with Crippen molar-refractivity contribution in [1.82, 2.24) is 30.2 Å². The molecular weight excluding hydrogens is 915 g/mol. The third-order valence-corrected chi connectivity index (χ3v) is 13.0. The number of phosphoric acid groups is 3. The number of ether oxygens (including phenoxy) is 1. The summed E-state index contributed by atoms with van der Waals surface area (Å²) in [7, 11) is -17.6. The molecule has 1 aliphatic rings. The number of aliphatic hydroxyl groups is 2. The number of nitrogens with two attached hydrogens (primary N) is 1. The third kappa shape index (κ3) is 19.2. The fourth-order valence-electron chi connectivity index (χ4n) is 5.73. The number of anilines is 1. The quantitative estimate of drug-likeness (QED) is 0.0418. The predicted molar refractivity (Wildman–Crippen MR) is 219 cm³/mol. The van der Waals surface area contributed by atoms with Crippen molar-refractivity contribution >= 4 is 69.1 Å². The summed E-state index contributed by atoms with van der Waals surface area (Å²) < 4.78 is 60.7. The molecule has 2 aromatic rings. The first kappa shape index (κ1) is 54.4. The normalized spacial score (nSPS) is 20.8. The Morgan fingerprint density at radius 3 is 2.33 bits per heavy atom. The van der Waals surface area contributed by atoms with Gasteiger partial charge in [0.05, 0.1) is 27.4 Å². The van der Waals surface area contributed by atoms with Gasteiger partial charge in [-0.05, 0) is 32.1 Å². The van der Waals surface area contributed by atoms with E-state index < -0.39 is 84.6 Å². The van der Waals surface area contributed by atoms with Crippen molar-refractivity contribution in [3.8, 4) is 0 Å². The maximum atomic E-state index is 12.6. The number of nitrogens with one attached hydrogen (secondary N) is 2. The average molecular weight is 970 g/mol. The number of imidazole rings is 1. The lowest BCUT2D eigenvalue weighted by molar-refractivity contribution is -0.347. The number of hydrogen-bond donors (Lipinski definition) is 5. The fourth-order valence-corrected chi connectivity index (χ4v) is 9.11. The molecule has 1 saturated heterocycles. The van der Waals surface area contributed by atoms with Crippen LogP contribution < -0.4 is 35.9 Å². The lowest BCUT2D eigenvalue weighted by Crippen LogP contribution is -2.46. The number of allylic oxidation sites excluding steroid dienone is 4. The number of rotatable bonds is 29. The number of thioether (sulfide) groups is 1. The molecule has 356 valence electrons. The number of aliphatic hydroxyl groups excluding tert-OH is 2. The van der Waals surface area contributed by atoms with Crippen molar-refractivity contribution in [1.29, 1.82) is 0 Å². The van der Waals surface area contributed by atoms with Crippen LogP contribution in [0, 0.1) is 5.41 Å². The number of unbranched alkanes of at least 4 members (excludes halogenated alkanes) is 5. The zero-order valence-corrected chi connectivity index (χ0v) is 38.4. The molecule has 0 aliphatic carbocycles. The minimum absolute atomic E-state index is 0.0208. The monoisotopic (exact) mass is 969 g/mol. The highest BCUT2D eigenvalue weighted by atomic mass is 32.2. The van der Waals surface area contributed by atoms with Crippen LogP contribution in [0.2, 0.25) is 0 Å². The maximum absolute atomic E-state index is 12.6. The smallest absolute Gasteiger partial charge is 0.274 e. The molecule has 2 amide bonds. The van der Waals surface area contributed by atoms with Gasteiger partial charge >= 0.3 is 0 Å². The molecule has 0 saturated carbocycles. The Labute approximate surface area is 368 Å². The van der Waals surface area contributed by atoms with E-state index in [0.29, 0.717) is 5.75 Å². The van der Waals surface area contributed by atoms with Gasteiger partial charge in [-0.25, -0.2) is 19.3 Å². The largest absolute Gasteiger partial charge is 0.790 e. The van der Waals surface area contributed by atoms with Crippen LogP contribution in [0.1, 0.15) is 84.8 Å². The maximum Gasteiger partial charge on any atom is 0.274 e. The van der Waals surface area contributed by atoms with Gasteiger partial charge in [0.25, 0.3) is 15.6 Å². The summed E-state index contributed by atoms with van der Waals surface area (Å²) in [4.78, 5) is 96.5. The molecule has 6 N–H and O–H groups in total. The molecule has 2 unspecified atom stereocenters. The van der Waals surface area contributed by atoms with Gasteiger partial charge in [-0.3, -0.25) is 28.1 Å². The number of nitrogens with zero attached hydrogens (tertiary/aromatic N) is 4. The Bertz CT molecular complexity index is 2020. The van der Waals surface area contributed by atoms with Crippen LogP contribution in [-0.4, -0.2) is 103 Å². The van der Waals surface area contributed by atoms with E-state index in [9.17, 15) is 57.9 Å². The first-order valence-electron chi connectivity index (χ1n) is 19.8. The Hall–Kier alpha value is -2.96. The summed E-state index contributed by atoms with van der Waals surface area (Å²) in [6, 6.07) is 0. The van der Waals surface area contributed by atoms with Gasteiger partial charge in [0.2, 0.25) is 11.8 Å². The van der Waals surface area contributed by atoms with Crippen LogP contribution in [0.15, 0.2) is 37.0 Å². The van der Waals surface area contributed by atoms with Crippen molar-refractivity contribution in [3.63, 3.8) is 0 Å². The van der Waals surface area contributed by atoms with E-state index in [4.69, 9.17) is 10.5 Å². The number of carbonyl (C=O) groups is 3. The SMILES string of the molecule is CCCCC/C=C\CCC/C=C/CC(=O)SCCNC(=O)CCNC(=O)[C@H](O)C(C)(C)COP(=O)([O-])OP(=O)([O-])OC[C@H]1O[C@@H](n2cnc3c(N)ncnc32)[C@H](O)[C@@H]1OP(=O)([O-])[O-]. The molecule has 0 radical (unpaired) electrons. The van der Waals surface area contributed by atoms with Crippen LogP contribution in [-0.2, 0) is 50.7 Å². The molecule has 3 rings (SSSR count). The van der Waals surface area contributed by atoms with Crippen LogP contribution in [0.3, 0.4) is 0 Å². The Morgan fingerprint density at radius 2 is 1.65 bits per heavy atom. The zero-order chi connectivity index (χ0) is 46.8. The van der Waals surface area contributed by atoms with Crippen LogP contribution in [0.4, 0.5) is 5.82 Å². The number of amides is 2. The number of aromatic nitrogens is 4. The average Bonchev–Trinajstić information content (AvgIpc) is 3.76. The van der Waals surface area contributed by atoms with E-state index in [2.05, 4.69) is 62.5 Å². The number of carbonyl (C=O) groups excluding carboxylic acids is 3. The van der Waals surface area contributed by atoms with E-state index in [-0.39, 0.29) is 48.0 Å². The van der Waals surface area contributed by atoms with Crippen molar-refractivity contribution in [2.24, 2.45) is 5.41 Å². The standard InChI is InChI=1S/C35H58N7O17P3S/c1-4-5-6-7-8-9-10-11-12-13-14-15-26(44)63-19-18-37-25(43)16-17-38-33(47)30(46)35(2,3)21-56-62(53,54)59-61(51,52)55-20-24-29(58-60(48,49)50)28(45)34(57-24)42-23-41-27-31(36)39-22-40-32(27)42/h8-9,13-14,22-24,28-30,34,45-46H,4-7,10-12,15-21H2,1-3H3,(H,37,43)(H,38,47)(H,51,52)(H,53,54)(H2,36,39,40)(H2,48,49,50)/p-4/b9-8-,14-13+/t24-,28-,29-,30+,34-/m1/s1. The van der Waals surface area contributed by atoms with Crippen molar-refractivity contribution in [2.45, 2.75) is 109 Å². The van der Waals surface area contributed by atoms with Gasteiger partial charge in [0.1, 0.15) is 36.3 Å². The summed E-state index contributed by atoms with van der Waals surface area (Å²) >= 11 is 1.08. The highest BCUT2D eigenvalue weighted by Crippen LogP contribution is 2.56. The van der Waals surface area contributed by atoms with Crippen LogP contribution in [0.25, 0.3) is 11.2 Å². The molecule has 7 atom stereocenters. The van der Waals surface area contributed by atoms with Gasteiger partial charge in [-0.1, -0.05) is 69.7 Å². The Morgan fingerprint density at radius 1 is 0.984 bits per heavy atom. The number of fused-ring (bicyclic) bond motifs is 1. The molecule has 0 bridgehead atoms. The summed E-state index contributed by atoms with van der Waals surface area (Å²) in [5, 5.41) is 26.3. The van der Waals surface area contributed by atoms with Crippen molar-refractivity contribution < 1.29 is 80.5 Å². The van der Waals surface area contributed by atoms with Crippen molar-refractivity contribution in [2.75, 3.05) is 37.8 Å². The summed E-state index contributed by atoms with van der Waals surface area (Å²) in [5.41, 5.74) is 4.08. The highest BCUT2D eigenvalue weighted by Gasteiger charge is 2.47. The Balaban J connectivity index is 1.37. The van der Waals surface area contributed by atoms with E-state index in [1.54, 1.807) is 0 Å². The van der Waals surface area contributed by atoms with E-state index in [0.717, 1.165) is 54.7 Å². The third-order valence-electron chi connectivity index (χ3n) is 9.07. The lowest BCUT2D eigenvalue weighted by Gasteiger charge is -2.36. The molecule has 1 fully saturated rings. The summed E-state index contributed by atoms with van der Waals surface area (Å²) in [6.07, 6.45) is 8.55. The summed E-state index contributed by atoms with van der Waals surface area (Å²) in [6.45, 7) is 2.29. The molecule has 2 aromatic heterocycles. The second-order valence-electron chi connectivity index (χ2n) is 14.8. The van der Waals surface area contributed by atoms with Gasteiger partial charge < -0.3 is 69.0 Å². The molecule has 24 nitrogen and oxygen atoms in total. The minimum atomic E-state index is -5.92. The number of phosphoric ester groups is 3. The molecule has 3 heterocycles. The van der Waals surface area contributed by atoms with Gasteiger partial charge in [-0.2, -0.15) is 0 Å². The molecule has 0 spiro atoms. The second kappa shape index (κ2) is 25.7.